The molecule has 15 heavy (non-hydrogen) atoms. The summed E-state index contributed by atoms with van der Waals surface area (Å²) in [5.74, 6) is 0. The number of halogens is 1. The second kappa shape index (κ2) is 3.80. The number of aryl methyl sites for hydroxylation is 1. The van der Waals surface area contributed by atoms with E-state index >= 15 is 0 Å². The first-order valence-electron chi connectivity index (χ1n) is 4.56. The number of aromatic amines is 1. The van der Waals surface area contributed by atoms with Crippen molar-refractivity contribution in [3.63, 3.8) is 0 Å². The standard InChI is InChI=1S/C12H9ClN2/c1-8-2-3-10(13)6-11(8)12-9(7-14)4-5-15-12/h2-6,15H,1H3. The van der Waals surface area contributed by atoms with E-state index in [9.17, 15) is 0 Å². The zero-order chi connectivity index (χ0) is 10.8. The molecule has 3 heteroatoms. The van der Waals surface area contributed by atoms with Crippen LogP contribution < -0.4 is 0 Å². The molecule has 0 saturated carbocycles. The van der Waals surface area contributed by atoms with Gasteiger partial charge in [-0.1, -0.05) is 17.7 Å². The SMILES string of the molecule is Cc1ccc(Cl)cc1-c1[nH]ccc1C#N. The number of rotatable bonds is 1. The van der Waals surface area contributed by atoms with E-state index in [2.05, 4.69) is 11.1 Å². The first-order chi connectivity index (χ1) is 7.22. The lowest BCUT2D eigenvalue weighted by atomic mass is 10.0. The summed E-state index contributed by atoms with van der Waals surface area (Å²) in [7, 11) is 0. The monoisotopic (exact) mass is 216 g/mol. The van der Waals surface area contributed by atoms with Gasteiger partial charge in [0, 0.05) is 16.8 Å². The second-order valence-corrected chi connectivity index (χ2v) is 3.77. The van der Waals surface area contributed by atoms with Gasteiger partial charge in [-0.3, -0.25) is 0 Å². The minimum Gasteiger partial charge on any atom is -0.360 e. The predicted octanol–water partition coefficient (Wildman–Crippen LogP) is 3.52. The lowest BCUT2D eigenvalue weighted by Gasteiger charge is -2.04. The molecule has 0 aliphatic carbocycles. The zero-order valence-electron chi connectivity index (χ0n) is 8.21. The van der Waals surface area contributed by atoms with E-state index in [0.717, 1.165) is 16.8 Å². The normalized spacial score (nSPS) is 9.93. The maximum Gasteiger partial charge on any atom is 0.101 e. The van der Waals surface area contributed by atoms with Crippen LogP contribution in [0, 0.1) is 18.3 Å². The first-order valence-corrected chi connectivity index (χ1v) is 4.94. The maximum atomic E-state index is 8.93. The average molecular weight is 217 g/mol. The fourth-order valence-corrected chi connectivity index (χ4v) is 1.72. The smallest absolute Gasteiger partial charge is 0.101 e. The van der Waals surface area contributed by atoms with Gasteiger partial charge in [-0.25, -0.2) is 0 Å². The molecule has 0 saturated heterocycles. The Bertz CT molecular complexity index is 535. The van der Waals surface area contributed by atoms with Crippen molar-refractivity contribution in [3.8, 4) is 17.3 Å². The first kappa shape index (κ1) is 9.82. The summed E-state index contributed by atoms with van der Waals surface area (Å²) < 4.78 is 0. The molecule has 0 bridgehead atoms. The van der Waals surface area contributed by atoms with Crippen molar-refractivity contribution >= 4 is 11.6 Å². The van der Waals surface area contributed by atoms with Crippen LogP contribution in [0.15, 0.2) is 30.5 Å². The fraction of sp³-hybridized carbons (Fsp3) is 0.0833. The molecule has 0 fully saturated rings. The van der Waals surface area contributed by atoms with E-state index in [0.29, 0.717) is 10.6 Å². The highest BCUT2D eigenvalue weighted by atomic mass is 35.5. The van der Waals surface area contributed by atoms with E-state index in [1.165, 1.54) is 0 Å². The van der Waals surface area contributed by atoms with Gasteiger partial charge >= 0.3 is 0 Å². The number of nitrogens with zero attached hydrogens (tertiary/aromatic N) is 1. The fourth-order valence-electron chi connectivity index (χ4n) is 1.55. The van der Waals surface area contributed by atoms with Crippen LogP contribution in [0.3, 0.4) is 0 Å². The minimum atomic E-state index is 0.639. The third-order valence-corrected chi connectivity index (χ3v) is 2.57. The molecule has 0 amide bonds. The number of benzene rings is 1. The topological polar surface area (TPSA) is 39.6 Å². The van der Waals surface area contributed by atoms with E-state index in [1.807, 2.05) is 25.1 Å². The van der Waals surface area contributed by atoms with Crippen molar-refractivity contribution in [2.24, 2.45) is 0 Å². The van der Waals surface area contributed by atoms with Crippen LogP contribution in [0.4, 0.5) is 0 Å². The third kappa shape index (κ3) is 1.74. The van der Waals surface area contributed by atoms with Gasteiger partial charge in [0.15, 0.2) is 0 Å². The molecule has 0 radical (unpaired) electrons. The molecular formula is C12H9ClN2. The van der Waals surface area contributed by atoms with Crippen LogP contribution in [-0.2, 0) is 0 Å². The van der Waals surface area contributed by atoms with Gasteiger partial charge in [0.05, 0.1) is 11.3 Å². The number of nitriles is 1. The van der Waals surface area contributed by atoms with E-state index in [-0.39, 0.29) is 0 Å². The third-order valence-electron chi connectivity index (χ3n) is 2.34. The van der Waals surface area contributed by atoms with Crippen LogP contribution in [0.1, 0.15) is 11.1 Å². The number of hydrogen-bond donors (Lipinski definition) is 1. The predicted molar refractivity (Wildman–Crippen MR) is 60.7 cm³/mol. The minimum absolute atomic E-state index is 0.639. The summed E-state index contributed by atoms with van der Waals surface area (Å²) in [5, 5.41) is 9.60. The van der Waals surface area contributed by atoms with Crippen LogP contribution in [0.25, 0.3) is 11.3 Å². The van der Waals surface area contributed by atoms with Crippen LogP contribution in [0.5, 0.6) is 0 Å². The van der Waals surface area contributed by atoms with Crippen molar-refractivity contribution in [3.05, 3.63) is 46.6 Å². The molecule has 74 valence electrons. The summed E-state index contributed by atoms with van der Waals surface area (Å²) in [4.78, 5) is 3.06. The number of hydrogen-bond acceptors (Lipinski definition) is 1. The van der Waals surface area contributed by atoms with Crippen molar-refractivity contribution in [1.29, 1.82) is 5.26 Å². The van der Waals surface area contributed by atoms with Crippen molar-refractivity contribution in [2.45, 2.75) is 6.92 Å². The van der Waals surface area contributed by atoms with Gasteiger partial charge in [-0.15, -0.1) is 0 Å². The largest absolute Gasteiger partial charge is 0.360 e. The van der Waals surface area contributed by atoms with Gasteiger partial charge < -0.3 is 4.98 Å². The summed E-state index contributed by atoms with van der Waals surface area (Å²) >= 11 is 5.93. The van der Waals surface area contributed by atoms with Gasteiger partial charge in [0.25, 0.3) is 0 Å². The van der Waals surface area contributed by atoms with Crippen molar-refractivity contribution in [2.75, 3.05) is 0 Å². The molecular weight excluding hydrogens is 208 g/mol. The average Bonchev–Trinajstić information content (AvgIpc) is 2.69. The number of aromatic nitrogens is 1. The molecule has 0 atom stereocenters. The second-order valence-electron chi connectivity index (χ2n) is 3.34. The van der Waals surface area contributed by atoms with Crippen LogP contribution in [-0.4, -0.2) is 4.98 Å². The highest BCUT2D eigenvalue weighted by Crippen LogP contribution is 2.27. The lowest BCUT2D eigenvalue weighted by Crippen LogP contribution is -1.85. The molecule has 1 N–H and O–H groups in total. The Balaban J connectivity index is 2.64. The lowest BCUT2D eigenvalue weighted by molar-refractivity contribution is 1.36. The van der Waals surface area contributed by atoms with Crippen LogP contribution in [0.2, 0.25) is 5.02 Å². The zero-order valence-corrected chi connectivity index (χ0v) is 8.97. The Kier molecular flexibility index (Phi) is 2.49. The molecule has 1 heterocycles. The van der Waals surface area contributed by atoms with Gasteiger partial charge in [0.1, 0.15) is 6.07 Å². The Labute approximate surface area is 93.1 Å². The summed E-state index contributed by atoms with van der Waals surface area (Å²) in [6.07, 6.45) is 1.76. The van der Waals surface area contributed by atoms with E-state index in [1.54, 1.807) is 12.3 Å². The van der Waals surface area contributed by atoms with Gasteiger partial charge in [0.2, 0.25) is 0 Å². The highest BCUT2D eigenvalue weighted by molar-refractivity contribution is 6.30. The Morgan fingerprint density at radius 1 is 1.33 bits per heavy atom. The van der Waals surface area contributed by atoms with Crippen molar-refractivity contribution in [1.82, 2.24) is 4.98 Å². The molecule has 2 aromatic rings. The van der Waals surface area contributed by atoms with Crippen LogP contribution >= 0.6 is 11.6 Å². The summed E-state index contributed by atoms with van der Waals surface area (Å²) in [6, 6.07) is 9.56. The molecule has 0 unspecified atom stereocenters. The summed E-state index contributed by atoms with van der Waals surface area (Å²) in [5.41, 5.74) is 3.54. The Morgan fingerprint density at radius 3 is 2.87 bits per heavy atom. The molecule has 2 nitrogen and oxygen atoms in total. The maximum absolute atomic E-state index is 8.93. The quantitative estimate of drug-likeness (QED) is 0.779. The highest BCUT2D eigenvalue weighted by Gasteiger charge is 2.08. The molecule has 1 aromatic heterocycles. The summed E-state index contributed by atoms with van der Waals surface area (Å²) in [6.45, 7) is 1.99. The van der Waals surface area contributed by atoms with Crippen molar-refractivity contribution < 1.29 is 0 Å². The number of nitrogens with one attached hydrogen (secondary N) is 1. The van der Waals surface area contributed by atoms with E-state index in [4.69, 9.17) is 16.9 Å². The molecule has 0 aliphatic heterocycles. The van der Waals surface area contributed by atoms with Gasteiger partial charge in [-0.05, 0) is 30.7 Å². The molecule has 2 rings (SSSR count). The van der Waals surface area contributed by atoms with E-state index < -0.39 is 0 Å². The van der Waals surface area contributed by atoms with Gasteiger partial charge in [-0.2, -0.15) is 5.26 Å². The Morgan fingerprint density at radius 2 is 2.13 bits per heavy atom. The Hall–Kier alpha value is -1.72. The molecule has 0 spiro atoms. The molecule has 0 aliphatic rings. The molecule has 1 aromatic carbocycles. The number of H-pyrrole nitrogens is 1.